The van der Waals surface area contributed by atoms with Gasteiger partial charge in [-0.05, 0) is 43.5 Å². The van der Waals surface area contributed by atoms with Gasteiger partial charge in [0.25, 0.3) is 0 Å². The summed E-state index contributed by atoms with van der Waals surface area (Å²) in [5.41, 5.74) is 0.414. The van der Waals surface area contributed by atoms with Crippen molar-refractivity contribution in [1.82, 2.24) is 0 Å². The first kappa shape index (κ1) is 15.0. The molecule has 106 valence electrons. The lowest BCUT2D eigenvalue weighted by molar-refractivity contribution is -0.132. The standard InChI is InChI=1S/C14H13Cl2NO3/c1-14(17-12(16)13(19)20-2)6-5-8-7-9(15)3-4-10(8)11(14)18/h3-4,7H,5-6H2,1-2H3/b17-12-. The Labute approximate surface area is 126 Å². The second kappa shape index (κ2) is 5.54. The highest BCUT2D eigenvalue weighted by Crippen LogP contribution is 2.33. The minimum Gasteiger partial charge on any atom is -0.464 e. The number of carbonyl (C=O) groups excluding carboxylic acids is 2. The molecule has 0 saturated carbocycles. The average Bonchev–Trinajstić information content (AvgIpc) is 2.42. The minimum absolute atomic E-state index is 0.169. The lowest BCUT2D eigenvalue weighted by Gasteiger charge is -2.30. The monoisotopic (exact) mass is 313 g/mol. The van der Waals surface area contributed by atoms with Gasteiger partial charge in [-0.15, -0.1) is 0 Å². The van der Waals surface area contributed by atoms with Gasteiger partial charge in [0.15, 0.2) is 5.78 Å². The molecular formula is C14H13Cl2NO3. The number of hydrogen-bond acceptors (Lipinski definition) is 4. The summed E-state index contributed by atoms with van der Waals surface area (Å²) >= 11 is 11.7. The van der Waals surface area contributed by atoms with Crippen LogP contribution in [0.25, 0.3) is 0 Å². The summed E-state index contributed by atoms with van der Waals surface area (Å²) in [4.78, 5) is 27.9. The van der Waals surface area contributed by atoms with Crippen LogP contribution in [0.5, 0.6) is 0 Å². The number of fused-ring (bicyclic) bond motifs is 1. The van der Waals surface area contributed by atoms with Crippen LogP contribution in [0.3, 0.4) is 0 Å². The van der Waals surface area contributed by atoms with E-state index in [-0.39, 0.29) is 11.0 Å². The summed E-state index contributed by atoms with van der Waals surface area (Å²) in [6, 6.07) is 5.12. The Kier molecular flexibility index (Phi) is 4.16. The lowest BCUT2D eigenvalue weighted by atomic mass is 9.78. The minimum atomic E-state index is -1.05. The van der Waals surface area contributed by atoms with Gasteiger partial charge >= 0.3 is 5.97 Å². The number of Topliss-reactive ketones (excluding diaryl/α,β-unsaturated/α-hetero) is 1. The van der Waals surface area contributed by atoms with Crippen LogP contribution in [0.1, 0.15) is 29.3 Å². The van der Waals surface area contributed by atoms with Crippen molar-refractivity contribution in [2.45, 2.75) is 25.3 Å². The Morgan fingerprint density at radius 1 is 1.45 bits per heavy atom. The largest absolute Gasteiger partial charge is 0.464 e. The number of aliphatic imine (C=N–C) groups is 1. The fraction of sp³-hybridized carbons (Fsp3) is 0.357. The summed E-state index contributed by atoms with van der Waals surface area (Å²) in [7, 11) is 1.21. The fourth-order valence-electron chi connectivity index (χ4n) is 2.23. The molecule has 1 aliphatic carbocycles. The Hall–Kier alpha value is -1.39. The normalized spacial score (nSPS) is 22.4. The molecule has 20 heavy (non-hydrogen) atoms. The maximum Gasteiger partial charge on any atom is 0.368 e. The number of methoxy groups -OCH3 is 1. The summed E-state index contributed by atoms with van der Waals surface area (Å²) < 4.78 is 4.49. The molecule has 4 nitrogen and oxygen atoms in total. The zero-order valence-electron chi connectivity index (χ0n) is 11.1. The molecule has 0 bridgehead atoms. The number of halogens is 2. The van der Waals surface area contributed by atoms with Gasteiger partial charge in [-0.2, -0.15) is 0 Å². The number of nitrogens with zero attached hydrogens (tertiary/aromatic N) is 1. The molecule has 1 unspecified atom stereocenters. The molecule has 1 aromatic carbocycles. The van der Waals surface area contributed by atoms with Gasteiger partial charge in [0, 0.05) is 10.6 Å². The number of carbonyl (C=O) groups is 2. The molecule has 0 heterocycles. The lowest BCUT2D eigenvalue weighted by Crippen LogP contribution is -2.39. The number of esters is 1. The highest BCUT2D eigenvalue weighted by molar-refractivity contribution is 6.82. The number of ketones is 1. The molecule has 0 aliphatic heterocycles. The summed E-state index contributed by atoms with van der Waals surface area (Å²) in [6.45, 7) is 1.66. The zero-order chi connectivity index (χ0) is 14.9. The van der Waals surface area contributed by atoms with Crippen LogP contribution in [0.2, 0.25) is 5.02 Å². The number of benzene rings is 1. The van der Waals surface area contributed by atoms with Gasteiger partial charge in [-0.1, -0.05) is 23.2 Å². The Morgan fingerprint density at radius 2 is 2.15 bits per heavy atom. The van der Waals surface area contributed by atoms with E-state index >= 15 is 0 Å². The Morgan fingerprint density at radius 3 is 2.80 bits per heavy atom. The number of aryl methyl sites for hydroxylation is 1. The van der Waals surface area contributed by atoms with Gasteiger partial charge in [0.2, 0.25) is 5.17 Å². The van der Waals surface area contributed by atoms with Gasteiger partial charge < -0.3 is 4.74 Å². The van der Waals surface area contributed by atoms with Crippen molar-refractivity contribution in [2.24, 2.45) is 4.99 Å². The van der Waals surface area contributed by atoms with Crippen LogP contribution in [0, 0.1) is 0 Å². The third-order valence-electron chi connectivity index (χ3n) is 3.38. The molecule has 1 aromatic rings. The van der Waals surface area contributed by atoms with Crippen molar-refractivity contribution in [3.8, 4) is 0 Å². The third-order valence-corrected chi connectivity index (χ3v) is 3.85. The number of ether oxygens (including phenoxy) is 1. The highest BCUT2D eigenvalue weighted by Gasteiger charge is 2.39. The molecule has 0 amide bonds. The molecule has 1 atom stereocenters. The molecular weight excluding hydrogens is 301 g/mol. The molecule has 0 radical (unpaired) electrons. The van der Waals surface area contributed by atoms with Crippen LogP contribution >= 0.6 is 23.2 Å². The van der Waals surface area contributed by atoms with Crippen molar-refractivity contribution in [1.29, 1.82) is 0 Å². The van der Waals surface area contributed by atoms with E-state index in [2.05, 4.69) is 9.73 Å². The predicted molar refractivity (Wildman–Crippen MR) is 77.8 cm³/mol. The van der Waals surface area contributed by atoms with Crippen molar-refractivity contribution in [3.63, 3.8) is 0 Å². The molecule has 0 saturated heterocycles. The first-order valence-electron chi connectivity index (χ1n) is 6.04. The van der Waals surface area contributed by atoms with Gasteiger partial charge in [-0.3, -0.25) is 9.79 Å². The fourth-order valence-corrected chi connectivity index (χ4v) is 2.68. The van der Waals surface area contributed by atoms with Crippen LogP contribution in [0.4, 0.5) is 0 Å². The molecule has 6 heteroatoms. The highest BCUT2D eigenvalue weighted by atomic mass is 35.5. The van der Waals surface area contributed by atoms with Crippen LogP contribution in [-0.2, 0) is 16.0 Å². The van der Waals surface area contributed by atoms with E-state index in [1.165, 1.54) is 7.11 Å². The van der Waals surface area contributed by atoms with Crippen LogP contribution in [-0.4, -0.2) is 29.6 Å². The summed E-state index contributed by atoms with van der Waals surface area (Å²) in [5.74, 6) is -0.917. The molecule has 2 rings (SSSR count). The maximum absolute atomic E-state index is 12.5. The Bertz CT molecular complexity index is 612. The SMILES string of the molecule is COC(=O)/C(Cl)=N/C1(C)CCc2cc(Cl)ccc2C1=O. The average molecular weight is 314 g/mol. The summed E-state index contributed by atoms with van der Waals surface area (Å²) in [6.07, 6.45) is 1.11. The molecule has 1 aliphatic rings. The van der Waals surface area contributed by atoms with Gasteiger partial charge in [0.05, 0.1) is 7.11 Å². The van der Waals surface area contributed by atoms with E-state index in [9.17, 15) is 9.59 Å². The summed E-state index contributed by atoms with van der Waals surface area (Å²) in [5, 5.41) is 0.275. The smallest absolute Gasteiger partial charge is 0.368 e. The predicted octanol–water partition coefficient (Wildman–Crippen LogP) is 3.04. The molecule has 0 aromatic heterocycles. The third kappa shape index (κ3) is 2.72. The van der Waals surface area contributed by atoms with Gasteiger partial charge in [0.1, 0.15) is 5.54 Å². The quantitative estimate of drug-likeness (QED) is 0.623. The topological polar surface area (TPSA) is 55.7 Å². The zero-order valence-corrected chi connectivity index (χ0v) is 12.6. The second-order valence-corrected chi connectivity index (χ2v) is 5.59. The van der Waals surface area contributed by atoms with E-state index in [1.807, 2.05) is 0 Å². The van der Waals surface area contributed by atoms with E-state index in [0.717, 1.165) is 5.56 Å². The maximum atomic E-state index is 12.5. The van der Waals surface area contributed by atoms with Crippen molar-refractivity contribution in [3.05, 3.63) is 34.3 Å². The van der Waals surface area contributed by atoms with E-state index in [0.29, 0.717) is 23.4 Å². The van der Waals surface area contributed by atoms with Crippen molar-refractivity contribution < 1.29 is 14.3 Å². The van der Waals surface area contributed by atoms with E-state index in [1.54, 1.807) is 25.1 Å². The number of rotatable bonds is 2. The van der Waals surface area contributed by atoms with Crippen LogP contribution in [0.15, 0.2) is 23.2 Å². The first-order valence-corrected chi connectivity index (χ1v) is 6.80. The van der Waals surface area contributed by atoms with E-state index < -0.39 is 11.5 Å². The molecule has 0 spiro atoms. The number of hydrogen-bond donors (Lipinski definition) is 0. The van der Waals surface area contributed by atoms with Crippen LogP contribution < -0.4 is 0 Å². The Balaban J connectivity index is 2.39. The van der Waals surface area contributed by atoms with Gasteiger partial charge in [-0.25, -0.2) is 4.79 Å². The molecule has 0 fully saturated rings. The first-order chi connectivity index (χ1) is 9.37. The van der Waals surface area contributed by atoms with E-state index in [4.69, 9.17) is 23.2 Å². The second-order valence-electron chi connectivity index (χ2n) is 4.80. The molecule has 0 N–H and O–H groups in total. The van der Waals surface area contributed by atoms with Crippen molar-refractivity contribution >= 4 is 40.1 Å². The van der Waals surface area contributed by atoms with Crippen molar-refractivity contribution in [2.75, 3.05) is 7.11 Å².